The first-order valence-electron chi connectivity index (χ1n) is 7.04. The highest BCUT2D eigenvalue weighted by Gasteiger charge is 2.14. The summed E-state index contributed by atoms with van der Waals surface area (Å²) < 4.78 is 11.0. The lowest BCUT2D eigenvalue weighted by atomic mass is 10.1. The fourth-order valence-electron chi connectivity index (χ4n) is 2.18. The topological polar surface area (TPSA) is 38.7 Å². The van der Waals surface area contributed by atoms with Crippen molar-refractivity contribution in [2.75, 3.05) is 13.7 Å². The maximum atomic E-state index is 10.3. The van der Waals surface area contributed by atoms with Crippen molar-refractivity contribution >= 4 is 0 Å². The van der Waals surface area contributed by atoms with E-state index in [1.807, 2.05) is 50.2 Å². The number of methoxy groups -OCH3 is 1. The van der Waals surface area contributed by atoms with Gasteiger partial charge in [0.05, 0.1) is 7.11 Å². The molecule has 0 bridgehead atoms. The molecule has 0 heterocycles. The lowest BCUT2D eigenvalue weighted by molar-refractivity contribution is 0.105. The van der Waals surface area contributed by atoms with Gasteiger partial charge in [-0.15, -0.1) is 0 Å². The van der Waals surface area contributed by atoms with E-state index in [0.717, 1.165) is 16.9 Å². The van der Waals surface area contributed by atoms with Gasteiger partial charge in [-0.25, -0.2) is 0 Å². The van der Waals surface area contributed by atoms with Crippen molar-refractivity contribution in [2.24, 2.45) is 0 Å². The molecular formula is C18H22O3. The Bertz CT molecular complexity index is 620. The third-order valence-corrected chi connectivity index (χ3v) is 3.63. The van der Waals surface area contributed by atoms with E-state index in [-0.39, 0.29) is 6.61 Å². The highest BCUT2D eigenvalue weighted by molar-refractivity contribution is 5.39. The zero-order valence-corrected chi connectivity index (χ0v) is 13.0. The van der Waals surface area contributed by atoms with Gasteiger partial charge < -0.3 is 14.6 Å². The van der Waals surface area contributed by atoms with E-state index in [1.54, 1.807) is 7.11 Å². The zero-order valence-electron chi connectivity index (χ0n) is 13.0. The smallest absolute Gasteiger partial charge is 0.124 e. The second kappa shape index (κ2) is 6.64. The van der Waals surface area contributed by atoms with Gasteiger partial charge in [0.2, 0.25) is 0 Å². The molecule has 0 spiro atoms. The second-order valence-corrected chi connectivity index (χ2v) is 5.32. The Morgan fingerprint density at radius 2 is 1.76 bits per heavy atom. The molecule has 3 nitrogen and oxygen atoms in total. The van der Waals surface area contributed by atoms with Crippen LogP contribution in [0.1, 0.15) is 28.4 Å². The van der Waals surface area contributed by atoms with Crippen LogP contribution in [0.3, 0.4) is 0 Å². The third kappa shape index (κ3) is 3.76. The van der Waals surface area contributed by atoms with Crippen LogP contribution in [0.25, 0.3) is 0 Å². The maximum absolute atomic E-state index is 10.3. The Kier molecular flexibility index (Phi) is 4.86. The van der Waals surface area contributed by atoms with Crippen LogP contribution < -0.4 is 9.47 Å². The minimum absolute atomic E-state index is 0.197. The third-order valence-electron chi connectivity index (χ3n) is 3.63. The number of hydrogen-bond donors (Lipinski definition) is 1. The van der Waals surface area contributed by atoms with Gasteiger partial charge in [0.1, 0.15) is 24.2 Å². The molecule has 0 fully saturated rings. The van der Waals surface area contributed by atoms with Crippen molar-refractivity contribution in [2.45, 2.75) is 26.9 Å². The molecule has 2 aromatic rings. The zero-order chi connectivity index (χ0) is 15.4. The first kappa shape index (κ1) is 15.4. The van der Waals surface area contributed by atoms with Crippen LogP contribution in [0.15, 0.2) is 36.4 Å². The molecule has 1 unspecified atom stereocenters. The maximum Gasteiger partial charge on any atom is 0.124 e. The largest absolute Gasteiger partial charge is 0.496 e. The Morgan fingerprint density at radius 3 is 2.43 bits per heavy atom. The van der Waals surface area contributed by atoms with Crippen LogP contribution in [0.4, 0.5) is 0 Å². The molecule has 0 saturated heterocycles. The van der Waals surface area contributed by atoms with E-state index in [2.05, 4.69) is 6.92 Å². The van der Waals surface area contributed by atoms with Crippen molar-refractivity contribution in [3.63, 3.8) is 0 Å². The molecule has 0 aliphatic carbocycles. The first-order chi connectivity index (χ1) is 10.0. The van der Waals surface area contributed by atoms with Gasteiger partial charge in [-0.1, -0.05) is 17.7 Å². The van der Waals surface area contributed by atoms with Crippen molar-refractivity contribution < 1.29 is 14.6 Å². The van der Waals surface area contributed by atoms with E-state index in [1.165, 1.54) is 11.1 Å². The van der Waals surface area contributed by atoms with Crippen molar-refractivity contribution in [1.29, 1.82) is 0 Å². The molecule has 0 aromatic heterocycles. The molecule has 112 valence electrons. The molecular weight excluding hydrogens is 264 g/mol. The van der Waals surface area contributed by atoms with Crippen LogP contribution in [-0.2, 0) is 0 Å². The molecule has 3 heteroatoms. The number of ether oxygens (including phenoxy) is 2. The number of aliphatic hydroxyl groups excluding tert-OH is 1. The second-order valence-electron chi connectivity index (χ2n) is 5.32. The Hall–Kier alpha value is -2.00. The molecule has 0 amide bonds. The van der Waals surface area contributed by atoms with Crippen molar-refractivity contribution in [3.05, 3.63) is 58.7 Å². The molecule has 1 atom stereocenters. The summed E-state index contributed by atoms with van der Waals surface area (Å²) in [7, 11) is 1.60. The number of aryl methyl sites for hydroxylation is 3. The summed E-state index contributed by atoms with van der Waals surface area (Å²) in [4.78, 5) is 0. The first-order valence-corrected chi connectivity index (χ1v) is 7.04. The van der Waals surface area contributed by atoms with Gasteiger partial charge in [-0.2, -0.15) is 0 Å². The summed E-state index contributed by atoms with van der Waals surface area (Å²) >= 11 is 0. The number of rotatable bonds is 5. The monoisotopic (exact) mass is 286 g/mol. The fraction of sp³-hybridized carbons (Fsp3) is 0.333. The predicted molar refractivity (Wildman–Crippen MR) is 84.1 cm³/mol. The normalized spacial score (nSPS) is 12.0. The molecule has 1 N–H and O–H groups in total. The van der Waals surface area contributed by atoms with E-state index >= 15 is 0 Å². The van der Waals surface area contributed by atoms with Crippen LogP contribution in [-0.4, -0.2) is 18.8 Å². The Labute approximate surface area is 126 Å². The van der Waals surface area contributed by atoms with E-state index < -0.39 is 6.10 Å². The lowest BCUT2D eigenvalue weighted by Gasteiger charge is -2.16. The van der Waals surface area contributed by atoms with Crippen LogP contribution in [0.2, 0.25) is 0 Å². The molecule has 2 rings (SSSR count). The van der Waals surface area contributed by atoms with Gasteiger partial charge >= 0.3 is 0 Å². The number of aliphatic hydroxyl groups is 1. The van der Waals surface area contributed by atoms with Gasteiger partial charge in [-0.05, 0) is 56.2 Å². The van der Waals surface area contributed by atoms with Gasteiger partial charge in [-0.3, -0.25) is 0 Å². The average Bonchev–Trinajstić information content (AvgIpc) is 2.48. The minimum Gasteiger partial charge on any atom is -0.496 e. The molecule has 0 radical (unpaired) electrons. The van der Waals surface area contributed by atoms with E-state index in [9.17, 15) is 5.11 Å². The highest BCUT2D eigenvalue weighted by atomic mass is 16.5. The summed E-state index contributed by atoms with van der Waals surface area (Å²) in [6, 6.07) is 11.7. The van der Waals surface area contributed by atoms with Crippen LogP contribution in [0.5, 0.6) is 11.5 Å². The minimum atomic E-state index is -0.721. The summed E-state index contributed by atoms with van der Waals surface area (Å²) in [6.07, 6.45) is -0.721. The SMILES string of the molecule is COc1ccc(C)cc1C(O)COc1ccc(C)c(C)c1. The molecule has 21 heavy (non-hydrogen) atoms. The number of benzene rings is 2. The predicted octanol–water partition coefficient (Wildman–Crippen LogP) is 3.73. The highest BCUT2D eigenvalue weighted by Crippen LogP contribution is 2.27. The Balaban J connectivity index is 2.09. The average molecular weight is 286 g/mol. The Morgan fingerprint density at radius 1 is 1.00 bits per heavy atom. The summed E-state index contributed by atoms with van der Waals surface area (Å²) in [6.45, 7) is 6.29. The quantitative estimate of drug-likeness (QED) is 0.910. The van der Waals surface area contributed by atoms with Crippen molar-refractivity contribution in [3.8, 4) is 11.5 Å². The van der Waals surface area contributed by atoms with Crippen LogP contribution >= 0.6 is 0 Å². The molecule has 2 aromatic carbocycles. The van der Waals surface area contributed by atoms with Gasteiger partial charge in [0, 0.05) is 5.56 Å². The molecule has 0 saturated carbocycles. The van der Waals surface area contributed by atoms with Crippen molar-refractivity contribution in [1.82, 2.24) is 0 Å². The molecule has 0 aliphatic heterocycles. The van der Waals surface area contributed by atoms with E-state index in [4.69, 9.17) is 9.47 Å². The van der Waals surface area contributed by atoms with E-state index in [0.29, 0.717) is 5.75 Å². The standard InChI is InChI=1S/C18H22O3/c1-12-5-8-18(20-4)16(9-12)17(19)11-21-15-7-6-13(2)14(3)10-15/h5-10,17,19H,11H2,1-4H3. The molecule has 0 aliphatic rings. The summed E-state index contributed by atoms with van der Waals surface area (Å²) in [5, 5.41) is 10.3. The van der Waals surface area contributed by atoms with Gasteiger partial charge in [0.25, 0.3) is 0 Å². The number of hydrogen-bond acceptors (Lipinski definition) is 3. The summed E-state index contributed by atoms with van der Waals surface area (Å²) in [5.74, 6) is 1.44. The lowest BCUT2D eigenvalue weighted by Crippen LogP contribution is -2.11. The fourth-order valence-corrected chi connectivity index (χ4v) is 2.18. The van der Waals surface area contributed by atoms with Gasteiger partial charge in [0.15, 0.2) is 0 Å². The van der Waals surface area contributed by atoms with Crippen LogP contribution in [0, 0.1) is 20.8 Å². The summed E-state index contributed by atoms with van der Waals surface area (Å²) in [5.41, 5.74) is 4.23.